The summed E-state index contributed by atoms with van der Waals surface area (Å²) in [5.74, 6) is -1.81. The molecule has 0 fully saturated rings. The minimum Gasteiger partial charge on any atom is -0.477 e. The average Bonchev–Trinajstić information content (AvgIpc) is 3.19. The standard InChI is InChI=1S/C22H15BrN2O4/c1-11-18(20(26)12-5-3-2-4-6-12)17(24-19(11)22(28)29)10-15-14-9-13(23)7-8-16(14)25-21(15)27/h2-10,24H,1H3,(H,25,27)(H,28,29). The van der Waals surface area contributed by atoms with Crippen molar-refractivity contribution in [2.45, 2.75) is 6.92 Å². The van der Waals surface area contributed by atoms with Gasteiger partial charge in [-0.2, -0.15) is 0 Å². The number of aromatic amines is 1. The molecule has 0 atom stereocenters. The first-order valence-electron chi connectivity index (χ1n) is 8.75. The molecule has 6 nitrogen and oxygen atoms in total. The predicted molar refractivity (Wildman–Crippen MR) is 113 cm³/mol. The number of nitrogens with one attached hydrogen (secondary N) is 2. The number of benzene rings is 2. The van der Waals surface area contributed by atoms with Crippen LogP contribution in [0.3, 0.4) is 0 Å². The van der Waals surface area contributed by atoms with Crippen molar-refractivity contribution < 1.29 is 19.5 Å². The summed E-state index contributed by atoms with van der Waals surface area (Å²) in [6.07, 6.45) is 1.53. The van der Waals surface area contributed by atoms with E-state index in [0.717, 1.165) is 4.47 Å². The second-order valence-corrected chi connectivity index (χ2v) is 7.53. The number of H-pyrrole nitrogens is 1. The molecule has 0 saturated carbocycles. The maximum absolute atomic E-state index is 13.1. The third-order valence-corrected chi connectivity index (χ3v) is 5.30. The van der Waals surface area contributed by atoms with Crippen molar-refractivity contribution in [1.29, 1.82) is 0 Å². The summed E-state index contributed by atoms with van der Waals surface area (Å²) in [6, 6.07) is 14.0. The molecule has 4 rings (SSSR count). The molecule has 3 N–H and O–H groups in total. The number of carbonyl (C=O) groups is 3. The lowest BCUT2D eigenvalue weighted by Crippen LogP contribution is -2.06. The summed E-state index contributed by atoms with van der Waals surface area (Å²) in [4.78, 5) is 40.1. The number of carboxylic acid groups (broad SMARTS) is 1. The minimum atomic E-state index is -1.17. The van der Waals surface area contributed by atoms with Crippen molar-refractivity contribution in [3.63, 3.8) is 0 Å². The summed E-state index contributed by atoms with van der Waals surface area (Å²) < 4.78 is 0.799. The van der Waals surface area contributed by atoms with E-state index in [-0.39, 0.29) is 28.6 Å². The van der Waals surface area contributed by atoms with E-state index < -0.39 is 5.97 Å². The molecule has 0 radical (unpaired) electrons. The zero-order valence-electron chi connectivity index (χ0n) is 15.2. The Labute approximate surface area is 174 Å². The fourth-order valence-corrected chi connectivity index (χ4v) is 3.78. The number of hydrogen-bond donors (Lipinski definition) is 3. The first kappa shape index (κ1) is 18.9. The van der Waals surface area contributed by atoms with Gasteiger partial charge >= 0.3 is 5.97 Å². The van der Waals surface area contributed by atoms with Crippen LogP contribution in [0.25, 0.3) is 11.6 Å². The van der Waals surface area contributed by atoms with Crippen LogP contribution in [0.2, 0.25) is 0 Å². The second kappa shape index (κ2) is 7.18. The number of amides is 1. The van der Waals surface area contributed by atoms with E-state index in [4.69, 9.17) is 0 Å². The molecule has 2 heterocycles. The van der Waals surface area contributed by atoms with Gasteiger partial charge in [0.25, 0.3) is 5.91 Å². The first-order chi connectivity index (χ1) is 13.9. The van der Waals surface area contributed by atoms with Gasteiger partial charge in [0, 0.05) is 21.3 Å². The third kappa shape index (κ3) is 3.30. The molecule has 1 aliphatic heterocycles. The van der Waals surface area contributed by atoms with E-state index in [1.54, 1.807) is 49.4 Å². The van der Waals surface area contributed by atoms with Gasteiger partial charge in [-0.15, -0.1) is 0 Å². The molecule has 0 aliphatic carbocycles. The monoisotopic (exact) mass is 450 g/mol. The molecule has 29 heavy (non-hydrogen) atoms. The lowest BCUT2D eigenvalue weighted by Gasteiger charge is -2.04. The normalized spacial score (nSPS) is 14.0. The molecule has 0 bridgehead atoms. The highest BCUT2D eigenvalue weighted by atomic mass is 79.9. The number of carbonyl (C=O) groups excluding carboxylic acids is 2. The van der Waals surface area contributed by atoms with Crippen LogP contribution in [0.4, 0.5) is 5.69 Å². The van der Waals surface area contributed by atoms with E-state index >= 15 is 0 Å². The highest BCUT2D eigenvalue weighted by molar-refractivity contribution is 9.10. The zero-order valence-corrected chi connectivity index (χ0v) is 16.8. The number of carboxylic acids is 1. The largest absolute Gasteiger partial charge is 0.477 e. The number of aromatic carboxylic acids is 1. The Morgan fingerprint density at radius 3 is 2.52 bits per heavy atom. The van der Waals surface area contributed by atoms with Crippen LogP contribution in [0.15, 0.2) is 53.0 Å². The fourth-order valence-electron chi connectivity index (χ4n) is 3.41. The molecular formula is C22H15BrN2O4. The Bertz CT molecular complexity index is 1210. The average molecular weight is 451 g/mol. The molecule has 1 aromatic heterocycles. The van der Waals surface area contributed by atoms with Crippen LogP contribution in [0, 0.1) is 6.92 Å². The van der Waals surface area contributed by atoms with Crippen molar-refractivity contribution in [2.24, 2.45) is 0 Å². The van der Waals surface area contributed by atoms with Gasteiger partial charge in [-0.3, -0.25) is 9.59 Å². The second-order valence-electron chi connectivity index (χ2n) is 6.62. The van der Waals surface area contributed by atoms with Gasteiger partial charge in [0.2, 0.25) is 0 Å². The summed E-state index contributed by atoms with van der Waals surface area (Å²) in [5, 5.41) is 12.3. The van der Waals surface area contributed by atoms with Gasteiger partial charge in [-0.1, -0.05) is 46.3 Å². The maximum atomic E-state index is 13.1. The highest BCUT2D eigenvalue weighted by Crippen LogP contribution is 2.36. The van der Waals surface area contributed by atoms with Gasteiger partial charge in [0.05, 0.1) is 16.8 Å². The minimum absolute atomic E-state index is 0.0796. The first-order valence-corrected chi connectivity index (χ1v) is 9.54. The van der Waals surface area contributed by atoms with Gasteiger partial charge in [0.1, 0.15) is 5.69 Å². The number of anilines is 1. The molecule has 1 amide bonds. The third-order valence-electron chi connectivity index (χ3n) is 4.81. The molecular weight excluding hydrogens is 436 g/mol. The summed E-state index contributed by atoms with van der Waals surface area (Å²) in [7, 11) is 0. The van der Waals surface area contributed by atoms with Crippen LogP contribution >= 0.6 is 15.9 Å². The molecule has 3 aromatic rings. The molecule has 0 spiro atoms. The molecule has 0 saturated heterocycles. The number of aromatic nitrogens is 1. The lowest BCUT2D eigenvalue weighted by molar-refractivity contribution is -0.110. The van der Waals surface area contributed by atoms with Gasteiger partial charge < -0.3 is 15.4 Å². The van der Waals surface area contributed by atoms with E-state index in [1.807, 2.05) is 6.07 Å². The van der Waals surface area contributed by atoms with E-state index in [9.17, 15) is 19.5 Å². The molecule has 144 valence electrons. The number of halogens is 1. The van der Waals surface area contributed by atoms with Gasteiger partial charge in [0.15, 0.2) is 5.78 Å². The Morgan fingerprint density at radius 2 is 1.83 bits per heavy atom. The van der Waals surface area contributed by atoms with Crippen LogP contribution in [0.1, 0.15) is 43.2 Å². The molecule has 0 unspecified atom stereocenters. The number of fused-ring (bicyclic) bond motifs is 1. The fraction of sp³-hybridized carbons (Fsp3) is 0.0455. The Morgan fingerprint density at radius 1 is 1.10 bits per heavy atom. The van der Waals surface area contributed by atoms with Crippen molar-refractivity contribution in [3.8, 4) is 0 Å². The smallest absolute Gasteiger partial charge is 0.352 e. The van der Waals surface area contributed by atoms with Crippen molar-refractivity contribution >= 4 is 50.9 Å². The lowest BCUT2D eigenvalue weighted by atomic mass is 9.97. The summed E-state index contributed by atoms with van der Waals surface area (Å²) >= 11 is 3.39. The maximum Gasteiger partial charge on any atom is 0.352 e. The summed E-state index contributed by atoms with van der Waals surface area (Å²) in [5.41, 5.74) is 2.87. The quantitative estimate of drug-likeness (QED) is 0.402. The van der Waals surface area contributed by atoms with Gasteiger partial charge in [-0.25, -0.2) is 4.79 Å². The molecule has 2 aromatic carbocycles. The molecule has 7 heteroatoms. The Kier molecular flexibility index (Phi) is 4.68. The summed E-state index contributed by atoms with van der Waals surface area (Å²) in [6.45, 7) is 1.58. The highest BCUT2D eigenvalue weighted by Gasteiger charge is 2.28. The van der Waals surface area contributed by atoms with Gasteiger partial charge in [-0.05, 0) is 36.8 Å². The SMILES string of the molecule is Cc1c(C(=O)O)[nH]c(C=C2C(=O)Nc3ccc(Br)cc32)c1C(=O)c1ccccc1. The van der Waals surface area contributed by atoms with Crippen LogP contribution < -0.4 is 5.32 Å². The Hall–Kier alpha value is -3.45. The Balaban J connectivity index is 1.91. The van der Waals surface area contributed by atoms with Crippen molar-refractivity contribution in [3.05, 3.63) is 86.6 Å². The number of hydrogen-bond acceptors (Lipinski definition) is 3. The van der Waals surface area contributed by atoms with Crippen molar-refractivity contribution in [2.75, 3.05) is 5.32 Å². The van der Waals surface area contributed by atoms with Crippen LogP contribution in [0.5, 0.6) is 0 Å². The van der Waals surface area contributed by atoms with E-state index in [2.05, 4.69) is 26.2 Å². The zero-order chi connectivity index (χ0) is 20.7. The number of rotatable bonds is 4. The number of ketones is 1. The molecule has 1 aliphatic rings. The van der Waals surface area contributed by atoms with Crippen molar-refractivity contribution in [1.82, 2.24) is 4.98 Å². The predicted octanol–water partition coefficient (Wildman–Crippen LogP) is 4.51. The van der Waals surface area contributed by atoms with Crippen LogP contribution in [-0.2, 0) is 4.79 Å². The van der Waals surface area contributed by atoms with Crippen LogP contribution in [-0.4, -0.2) is 27.8 Å². The topological polar surface area (TPSA) is 99.3 Å². The van der Waals surface area contributed by atoms with E-state index in [1.165, 1.54) is 6.08 Å². The van der Waals surface area contributed by atoms with E-state index in [0.29, 0.717) is 28.0 Å².